The van der Waals surface area contributed by atoms with Gasteiger partial charge in [-0.15, -0.1) is 0 Å². The first kappa shape index (κ1) is 13.8. The van der Waals surface area contributed by atoms with Gasteiger partial charge >= 0.3 is 5.97 Å². The van der Waals surface area contributed by atoms with Crippen LogP contribution in [0.25, 0.3) is 0 Å². The van der Waals surface area contributed by atoms with E-state index in [1.54, 1.807) is 0 Å². The molecule has 2 rings (SSSR count). The van der Waals surface area contributed by atoms with E-state index in [0.29, 0.717) is 12.5 Å². The molecule has 0 saturated heterocycles. The van der Waals surface area contributed by atoms with Crippen molar-refractivity contribution in [2.24, 2.45) is 5.92 Å². The highest BCUT2D eigenvalue weighted by atomic mass is 35.5. The van der Waals surface area contributed by atoms with Crippen molar-refractivity contribution in [2.45, 2.75) is 12.8 Å². The Morgan fingerprint density at radius 1 is 1.42 bits per heavy atom. The maximum Gasteiger partial charge on any atom is 0.323 e. The minimum Gasteiger partial charge on any atom is -0.480 e. The molecule has 1 saturated carbocycles. The number of carbonyl (C=O) groups excluding carboxylic acids is 1. The maximum atomic E-state index is 12.9. The van der Waals surface area contributed by atoms with Gasteiger partial charge in [-0.3, -0.25) is 9.59 Å². The summed E-state index contributed by atoms with van der Waals surface area (Å²) >= 11 is 5.82. The minimum absolute atomic E-state index is 0.00353. The van der Waals surface area contributed by atoms with E-state index >= 15 is 0 Å². The highest BCUT2D eigenvalue weighted by Crippen LogP contribution is 2.30. The fourth-order valence-corrected chi connectivity index (χ4v) is 2.08. The summed E-state index contributed by atoms with van der Waals surface area (Å²) < 4.78 is 12.9. The number of aliphatic carboxylic acids is 1. The zero-order valence-corrected chi connectivity index (χ0v) is 10.9. The van der Waals surface area contributed by atoms with E-state index in [0.717, 1.165) is 25.0 Å². The Labute approximate surface area is 114 Å². The van der Waals surface area contributed by atoms with E-state index in [1.165, 1.54) is 11.0 Å². The van der Waals surface area contributed by atoms with Crippen molar-refractivity contribution < 1.29 is 19.1 Å². The van der Waals surface area contributed by atoms with Crippen molar-refractivity contribution >= 4 is 23.5 Å². The summed E-state index contributed by atoms with van der Waals surface area (Å²) in [4.78, 5) is 24.3. The number of rotatable bonds is 5. The van der Waals surface area contributed by atoms with E-state index in [-0.39, 0.29) is 17.1 Å². The van der Waals surface area contributed by atoms with Crippen LogP contribution in [0.1, 0.15) is 23.2 Å². The predicted molar refractivity (Wildman–Crippen MR) is 67.7 cm³/mol. The van der Waals surface area contributed by atoms with Gasteiger partial charge in [-0.1, -0.05) is 11.6 Å². The van der Waals surface area contributed by atoms with Crippen LogP contribution in [0.5, 0.6) is 0 Å². The lowest BCUT2D eigenvalue weighted by atomic mass is 10.2. The van der Waals surface area contributed by atoms with Crippen LogP contribution in [0.15, 0.2) is 18.2 Å². The number of hydrogen-bond donors (Lipinski definition) is 1. The van der Waals surface area contributed by atoms with Crippen LogP contribution in [0, 0.1) is 11.7 Å². The third-order valence-electron chi connectivity index (χ3n) is 2.95. The molecule has 0 radical (unpaired) electrons. The Morgan fingerprint density at radius 3 is 2.63 bits per heavy atom. The van der Waals surface area contributed by atoms with Gasteiger partial charge in [0, 0.05) is 6.54 Å². The molecular weight excluding hydrogens is 273 g/mol. The van der Waals surface area contributed by atoms with Gasteiger partial charge < -0.3 is 10.0 Å². The monoisotopic (exact) mass is 285 g/mol. The van der Waals surface area contributed by atoms with Crippen LogP contribution in [0.2, 0.25) is 5.02 Å². The summed E-state index contributed by atoms with van der Waals surface area (Å²) in [6.07, 6.45) is 2.00. The van der Waals surface area contributed by atoms with Crippen LogP contribution < -0.4 is 0 Å². The average molecular weight is 286 g/mol. The average Bonchev–Trinajstić information content (AvgIpc) is 3.10. The summed E-state index contributed by atoms with van der Waals surface area (Å²) in [5, 5.41) is 8.84. The minimum atomic E-state index is -1.08. The van der Waals surface area contributed by atoms with Gasteiger partial charge in [0.05, 0.1) is 10.6 Å². The molecule has 4 nitrogen and oxygen atoms in total. The zero-order chi connectivity index (χ0) is 14.0. The first-order chi connectivity index (χ1) is 8.97. The highest BCUT2D eigenvalue weighted by molar-refractivity contribution is 6.33. The van der Waals surface area contributed by atoms with Crippen molar-refractivity contribution in [1.29, 1.82) is 0 Å². The lowest BCUT2D eigenvalue weighted by Crippen LogP contribution is -2.37. The summed E-state index contributed by atoms with van der Waals surface area (Å²) in [6.45, 7) is 0.0296. The van der Waals surface area contributed by atoms with Crippen molar-refractivity contribution in [2.75, 3.05) is 13.1 Å². The lowest BCUT2D eigenvalue weighted by Gasteiger charge is -2.21. The zero-order valence-electron chi connectivity index (χ0n) is 10.1. The number of carboxylic acids is 1. The van der Waals surface area contributed by atoms with E-state index in [4.69, 9.17) is 16.7 Å². The van der Waals surface area contributed by atoms with Gasteiger partial charge in [0.15, 0.2) is 0 Å². The molecule has 0 aromatic heterocycles. The molecule has 102 valence electrons. The molecule has 1 amide bonds. The summed E-state index contributed by atoms with van der Waals surface area (Å²) in [7, 11) is 0. The quantitative estimate of drug-likeness (QED) is 0.904. The van der Waals surface area contributed by atoms with Crippen molar-refractivity contribution in [3.05, 3.63) is 34.6 Å². The molecule has 0 unspecified atom stereocenters. The molecule has 19 heavy (non-hydrogen) atoms. The molecule has 1 aromatic carbocycles. The Kier molecular flexibility index (Phi) is 4.04. The second-order valence-corrected chi connectivity index (χ2v) is 5.05. The molecule has 0 atom stereocenters. The van der Waals surface area contributed by atoms with Gasteiger partial charge in [0.1, 0.15) is 12.4 Å². The summed E-state index contributed by atoms with van der Waals surface area (Å²) in [5.74, 6) is -1.72. The third-order valence-corrected chi connectivity index (χ3v) is 3.26. The number of nitrogens with zero attached hydrogens (tertiary/aromatic N) is 1. The van der Waals surface area contributed by atoms with Crippen LogP contribution in [0.4, 0.5) is 4.39 Å². The molecule has 0 aliphatic heterocycles. The van der Waals surface area contributed by atoms with Crippen LogP contribution in [0.3, 0.4) is 0 Å². The first-order valence-electron chi connectivity index (χ1n) is 5.93. The van der Waals surface area contributed by atoms with Crippen molar-refractivity contribution in [3.8, 4) is 0 Å². The van der Waals surface area contributed by atoms with Gasteiger partial charge in [-0.2, -0.15) is 0 Å². The normalized spacial score (nSPS) is 14.2. The number of halogens is 2. The molecule has 1 aliphatic rings. The van der Waals surface area contributed by atoms with Crippen molar-refractivity contribution in [1.82, 2.24) is 4.90 Å². The molecule has 1 fully saturated rings. The van der Waals surface area contributed by atoms with Crippen LogP contribution in [-0.4, -0.2) is 35.0 Å². The number of hydrogen-bond acceptors (Lipinski definition) is 2. The van der Waals surface area contributed by atoms with Gasteiger partial charge in [0.25, 0.3) is 5.91 Å². The van der Waals surface area contributed by atoms with Crippen molar-refractivity contribution in [3.63, 3.8) is 0 Å². The van der Waals surface area contributed by atoms with E-state index in [9.17, 15) is 14.0 Å². The van der Waals surface area contributed by atoms with E-state index in [1.807, 2.05) is 0 Å². The van der Waals surface area contributed by atoms with E-state index in [2.05, 4.69) is 0 Å². The molecule has 0 spiro atoms. The lowest BCUT2D eigenvalue weighted by molar-refractivity contribution is -0.137. The number of benzene rings is 1. The van der Waals surface area contributed by atoms with Gasteiger partial charge in [-0.25, -0.2) is 4.39 Å². The van der Waals surface area contributed by atoms with Gasteiger partial charge in [-0.05, 0) is 37.0 Å². The SMILES string of the molecule is O=C(O)CN(CC1CC1)C(=O)c1ccc(F)cc1Cl. The fraction of sp³-hybridized carbons (Fsp3) is 0.385. The fourth-order valence-electron chi connectivity index (χ4n) is 1.83. The largest absolute Gasteiger partial charge is 0.480 e. The topological polar surface area (TPSA) is 57.6 Å². The Balaban J connectivity index is 2.19. The molecule has 0 heterocycles. The second-order valence-electron chi connectivity index (χ2n) is 4.65. The maximum absolute atomic E-state index is 12.9. The van der Waals surface area contributed by atoms with Gasteiger partial charge in [0.2, 0.25) is 0 Å². The standard InChI is InChI=1S/C13H13ClFNO3/c14-11-5-9(15)3-4-10(11)13(19)16(7-12(17)18)6-8-1-2-8/h3-5,8H,1-2,6-7H2,(H,17,18). The number of carbonyl (C=O) groups is 2. The first-order valence-corrected chi connectivity index (χ1v) is 6.31. The van der Waals surface area contributed by atoms with Crippen LogP contribution in [-0.2, 0) is 4.79 Å². The molecule has 1 aliphatic carbocycles. The summed E-state index contributed by atoms with van der Waals surface area (Å²) in [5.41, 5.74) is 0.130. The number of carboxylic acid groups (broad SMARTS) is 1. The molecule has 6 heteroatoms. The molecular formula is C13H13ClFNO3. The summed E-state index contributed by atoms with van der Waals surface area (Å²) in [6, 6.07) is 3.46. The Bertz CT molecular complexity index is 517. The second kappa shape index (κ2) is 5.57. The Morgan fingerprint density at radius 2 is 2.11 bits per heavy atom. The molecule has 0 bridgehead atoms. The molecule has 1 aromatic rings. The smallest absolute Gasteiger partial charge is 0.323 e. The van der Waals surface area contributed by atoms with Crippen LogP contribution >= 0.6 is 11.6 Å². The Hall–Kier alpha value is -1.62. The van der Waals surface area contributed by atoms with E-state index < -0.39 is 17.7 Å². The number of amides is 1. The molecule has 1 N–H and O–H groups in total. The highest BCUT2D eigenvalue weighted by Gasteiger charge is 2.29. The predicted octanol–water partition coefficient (Wildman–Crippen LogP) is 2.42. The third kappa shape index (κ3) is 3.67.